The van der Waals surface area contributed by atoms with Gasteiger partial charge in [0.1, 0.15) is 0 Å². The Hall–Kier alpha value is 0.802. The number of hydrogen-bond acceptors (Lipinski definition) is 2. The number of carboxylic acid groups (broad SMARTS) is 2. The van der Waals surface area contributed by atoms with Crippen LogP contribution in [0.1, 0.15) is 0 Å². The Morgan fingerprint density at radius 3 is 1.15 bits per heavy atom. The molecule has 0 aliphatic carbocycles. The fraction of sp³-hybridized carbons (Fsp3) is 0. The first-order valence-electron chi connectivity index (χ1n) is 2.54. The third-order valence-electron chi connectivity index (χ3n) is 0.411. The SMILES string of the molecule is O=C(O)C=CI.O=C(O)C=CI.[Cd]. The van der Waals surface area contributed by atoms with Gasteiger partial charge in [-0.3, -0.25) is 0 Å². The molecule has 0 saturated carbocycles. The average molecular weight is 508 g/mol. The molecule has 0 aromatic carbocycles. The molecule has 0 saturated heterocycles. The zero-order chi connectivity index (χ0) is 9.98. The molecule has 0 atom stereocenters. The zero-order valence-electron chi connectivity index (χ0n) is 6.48. The van der Waals surface area contributed by atoms with Crippen molar-refractivity contribution in [3.05, 3.63) is 20.3 Å². The van der Waals surface area contributed by atoms with E-state index >= 15 is 0 Å². The van der Waals surface area contributed by atoms with E-state index < -0.39 is 11.9 Å². The molecule has 0 amide bonds. The summed E-state index contributed by atoms with van der Waals surface area (Å²) in [6.07, 6.45) is 2.14. The number of carbonyl (C=O) groups is 2. The van der Waals surface area contributed by atoms with Crippen molar-refractivity contribution in [3.63, 3.8) is 0 Å². The van der Waals surface area contributed by atoms with E-state index in [0.717, 1.165) is 12.2 Å². The van der Waals surface area contributed by atoms with Gasteiger partial charge in [0, 0.05) is 39.5 Å². The minimum atomic E-state index is -0.899. The predicted octanol–water partition coefficient (Wildman–Crippen LogP) is 2.04. The van der Waals surface area contributed by atoms with Crippen LogP contribution in [-0.2, 0) is 36.9 Å². The Morgan fingerprint density at radius 1 is 0.923 bits per heavy atom. The van der Waals surface area contributed by atoms with E-state index in [2.05, 4.69) is 0 Å². The van der Waals surface area contributed by atoms with E-state index in [1.54, 1.807) is 0 Å². The summed E-state index contributed by atoms with van der Waals surface area (Å²) in [7, 11) is 0. The summed E-state index contributed by atoms with van der Waals surface area (Å²) in [6.45, 7) is 0. The third kappa shape index (κ3) is 32.3. The van der Waals surface area contributed by atoms with Crippen molar-refractivity contribution in [1.82, 2.24) is 0 Å². The van der Waals surface area contributed by atoms with Gasteiger partial charge in [-0.15, -0.1) is 0 Å². The largest absolute Gasteiger partial charge is 0.478 e. The van der Waals surface area contributed by atoms with Crippen molar-refractivity contribution >= 4 is 57.1 Å². The van der Waals surface area contributed by atoms with Gasteiger partial charge in [0.2, 0.25) is 0 Å². The summed E-state index contributed by atoms with van der Waals surface area (Å²) in [5, 5.41) is 15.6. The smallest absolute Gasteiger partial charge is 0.328 e. The van der Waals surface area contributed by atoms with Gasteiger partial charge in [-0.25, -0.2) is 9.59 Å². The molecule has 13 heavy (non-hydrogen) atoms. The molecule has 0 heterocycles. The van der Waals surface area contributed by atoms with Crippen LogP contribution in [0.3, 0.4) is 0 Å². The fourth-order valence-corrected chi connectivity index (χ4v) is 0.723. The number of halogens is 2. The fourth-order valence-electron chi connectivity index (χ4n) is 0.108. The van der Waals surface area contributed by atoms with Crippen molar-refractivity contribution in [2.45, 2.75) is 0 Å². The van der Waals surface area contributed by atoms with Crippen LogP contribution >= 0.6 is 45.2 Å². The van der Waals surface area contributed by atoms with Crippen LogP contribution in [0.15, 0.2) is 20.3 Å². The van der Waals surface area contributed by atoms with Gasteiger partial charge in [-0.2, -0.15) is 0 Å². The molecule has 0 bridgehead atoms. The van der Waals surface area contributed by atoms with Gasteiger partial charge in [0.25, 0.3) is 0 Å². The summed E-state index contributed by atoms with van der Waals surface area (Å²) in [5.74, 6) is -1.80. The maximum absolute atomic E-state index is 9.51. The molecule has 0 aromatic rings. The average Bonchev–Trinajstić information content (AvgIpc) is 1.87. The molecular formula is C6H6CdI2O4. The van der Waals surface area contributed by atoms with E-state index in [0.29, 0.717) is 0 Å². The summed E-state index contributed by atoms with van der Waals surface area (Å²) in [4.78, 5) is 19.0. The second kappa shape index (κ2) is 15.3. The van der Waals surface area contributed by atoms with Crippen molar-refractivity contribution in [3.8, 4) is 0 Å². The molecule has 0 rings (SSSR count). The minimum absolute atomic E-state index is 0. The first-order chi connectivity index (χ1) is 5.54. The van der Waals surface area contributed by atoms with E-state index in [4.69, 9.17) is 10.2 Å². The van der Waals surface area contributed by atoms with Gasteiger partial charge in [0.15, 0.2) is 0 Å². The Kier molecular flexibility index (Phi) is 22.8. The predicted molar refractivity (Wildman–Crippen MR) is 61.6 cm³/mol. The molecule has 0 radical (unpaired) electrons. The number of rotatable bonds is 2. The Morgan fingerprint density at radius 2 is 1.15 bits per heavy atom. The Balaban J connectivity index is -0.000000143. The Bertz CT molecular complexity index is 181. The third-order valence-corrected chi connectivity index (χ3v) is 1.13. The standard InChI is InChI=1S/2C3H3IO2.Cd/c2*4-2-1-3(5)6;/h2*1-2H,(H,5,6);. The second-order valence-corrected chi connectivity index (χ2v) is 2.70. The molecule has 7 heteroatoms. The van der Waals surface area contributed by atoms with E-state index in [9.17, 15) is 9.59 Å². The monoisotopic (exact) mass is 510 g/mol. The van der Waals surface area contributed by atoms with Crippen LogP contribution in [0.4, 0.5) is 0 Å². The van der Waals surface area contributed by atoms with Crippen molar-refractivity contribution in [2.24, 2.45) is 0 Å². The number of hydrogen-bond donors (Lipinski definition) is 2. The van der Waals surface area contributed by atoms with Crippen LogP contribution in [0.25, 0.3) is 0 Å². The van der Waals surface area contributed by atoms with E-state index in [-0.39, 0.29) is 27.3 Å². The number of aliphatic carboxylic acids is 2. The molecule has 0 aliphatic rings. The van der Waals surface area contributed by atoms with Crippen LogP contribution in [-0.4, -0.2) is 22.2 Å². The summed E-state index contributed by atoms with van der Waals surface area (Å²) in [6, 6.07) is 0. The molecule has 0 aromatic heterocycles. The van der Waals surface area contributed by atoms with E-state index in [1.807, 2.05) is 45.2 Å². The van der Waals surface area contributed by atoms with Gasteiger partial charge in [-0.1, -0.05) is 45.2 Å². The topological polar surface area (TPSA) is 74.6 Å². The summed E-state index contributed by atoms with van der Waals surface area (Å²) in [5.41, 5.74) is 0. The minimum Gasteiger partial charge on any atom is -0.478 e. The van der Waals surface area contributed by atoms with Gasteiger partial charge >= 0.3 is 11.9 Å². The van der Waals surface area contributed by atoms with Crippen molar-refractivity contribution < 1.29 is 47.1 Å². The molecule has 70 valence electrons. The van der Waals surface area contributed by atoms with Crippen molar-refractivity contribution in [2.75, 3.05) is 0 Å². The molecule has 0 unspecified atom stereocenters. The quantitative estimate of drug-likeness (QED) is 0.340. The first kappa shape index (κ1) is 19.4. The molecule has 0 fully saturated rings. The first-order valence-corrected chi connectivity index (χ1v) is 5.03. The molecule has 0 aliphatic heterocycles. The molecular weight excluding hydrogens is 502 g/mol. The summed E-state index contributed by atoms with van der Waals surface area (Å²) >= 11 is 3.68. The van der Waals surface area contributed by atoms with Crippen LogP contribution < -0.4 is 0 Å². The normalized spacial score (nSPS) is 8.77. The van der Waals surface area contributed by atoms with Crippen molar-refractivity contribution in [1.29, 1.82) is 0 Å². The van der Waals surface area contributed by atoms with E-state index in [1.165, 1.54) is 8.17 Å². The van der Waals surface area contributed by atoms with Gasteiger partial charge < -0.3 is 10.2 Å². The molecule has 4 nitrogen and oxygen atoms in total. The second-order valence-electron chi connectivity index (χ2n) is 1.26. The summed E-state index contributed by atoms with van der Waals surface area (Å²) < 4.78 is 2.89. The molecule has 2 N–H and O–H groups in total. The molecule has 0 spiro atoms. The van der Waals surface area contributed by atoms with Crippen LogP contribution in [0.2, 0.25) is 0 Å². The Labute approximate surface area is 123 Å². The maximum Gasteiger partial charge on any atom is 0.328 e. The number of carboxylic acids is 2. The zero-order valence-corrected chi connectivity index (χ0v) is 14.8. The van der Waals surface area contributed by atoms with Crippen LogP contribution in [0, 0.1) is 0 Å². The van der Waals surface area contributed by atoms with Gasteiger partial charge in [0.05, 0.1) is 0 Å². The van der Waals surface area contributed by atoms with Gasteiger partial charge in [-0.05, 0) is 8.17 Å². The van der Waals surface area contributed by atoms with Crippen LogP contribution in [0.5, 0.6) is 0 Å². The maximum atomic E-state index is 9.51.